The van der Waals surface area contributed by atoms with Gasteiger partial charge >= 0.3 is 0 Å². The molecule has 0 radical (unpaired) electrons. The lowest BCUT2D eigenvalue weighted by Gasteiger charge is -2.21. The number of benzene rings is 1. The van der Waals surface area contributed by atoms with Crippen molar-refractivity contribution in [3.05, 3.63) is 23.8 Å². The van der Waals surface area contributed by atoms with E-state index in [1.54, 1.807) is 12.1 Å². The average molecular weight is 225 g/mol. The number of aliphatic hydroxyl groups excluding tert-OH is 1. The van der Waals surface area contributed by atoms with E-state index in [0.29, 0.717) is 0 Å². The number of aromatic hydroxyl groups is 2. The predicted molar refractivity (Wildman–Crippen MR) is 62.5 cm³/mol. The Balaban J connectivity index is 2.75. The Morgan fingerprint density at radius 3 is 2.19 bits per heavy atom. The van der Waals surface area contributed by atoms with Gasteiger partial charge in [0.25, 0.3) is 0 Å². The van der Waals surface area contributed by atoms with Crippen LogP contribution >= 0.6 is 0 Å². The molecule has 0 spiro atoms. The molecule has 0 saturated heterocycles. The highest BCUT2D eigenvalue weighted by molar-refractivity contribution is 5.37. The first kappa shape index (κ1) is 12.8. The minimum atomic E-state index is -0.0323. The van der Waals surface area contributed by atoms with Crippen LogP contribution in [0.25, 0.3) is 0 Å². The first-order chi connectivity index (χ1) is 7.56. The van der Waals surface area contributed by atoms with Gasteiger partial charge in [0.2, 0.25) is 0 Å². The number of aliphatic hydroxyl groups is 1. The molecule has 0 aromatic heterocycles. The van der Waals surface area contributed by atoms with E-state index in [4.69, 9.17) is 5.11 Å². The third-order valence-electron chi connectivity index (χ3n) is 2.62. The van der Waals surface area contributed by atoms with Crippen LogP contribution in [-0.2, 0) is 0 Å². The van der Waals surface area contributed by atoms with Gasteiger partial charge in [-0.2, -0.15) is 0 Å². The highest BCUT2D eigenvalue weighted by Crippen LogP contribution is 2.24. The maximum absolute atomic E-state index is 9.35. The fraction of sp³-hybridized carbons (Fsp3) is 0.500. The Bertz CT molecular complexity index is 317. The second kappa shape index (κ2) is 5.72. The molecular formula is C12H19NO3. The Morgan fingerprint density at radius 1 is 1.19 bits per heavy atom. The van der Waals surface area contributed by atoms with E-state index in [-0.39, 0.29) is 30.2 Å². The van der Waals surface area contributed by atoms with Crippen molar-refractivity contribution in [2.45, 2.75) is 32.4 Å². The normalized spacial score (nSPS) is 14.7. The molecule has 2 atom stereocenters. The molecule has 0 fully saturated rings. The number of hydrogen-bond acceptors (Lipinski definition) is 4. The quantitative estimate of drug-likeness (QED) is 0.613. The van der Waals surface area contributed by atoms with Crippen LogP contribution in [0.1, 0.15) is 31.9 Å². The van der Waals surface area contributed by atoms with E-state index in [1.165, 1.54) is 6.07 Å². The summed E-state index contributed by atoms with van der Waals surface area (Å²) in [6.07, 6.45) is 0.825. The van der Waals surface area contributed by atoms with Crippen LogP contribution < -0.4 is 5.32 Å². The Morgan fingerprint density at radius 2 is 1.75 bits per heavy atom. The molecule has 4 nitrogen and oxygen atoms in total. The first-order valence-electron chi connectivity index (χ1n) is 5.46. The number of phenols is 2. The Kier molecular flexibility index (Phi) is 4.58. The molecule has 1 rings (SSSR count). The number of phenolic OH excluding ortho intramolecular Hbond substituents is 2. The van der Waals surface area contributed by atoms with Gasteiger partial charge in [0.05, 0.1) is 6.61 Å². The van der Waals surface area contributed by atoms with E-state index >= 15 is 0 Å². The van der Waals surface area contributed by atoms with E-state index in [0.717, 1.165) is 12.0 Å². The molecule has 0 aliphatic rings. The van der Waals surface area contributed by atoms with Gasteiger partial charge in [-0.3, -0.25) is 0 Å². The number of nitrogens with one attached hydrogen (secondary N) is 1. The molecule has 0 saturated carbocycles. The van der Waals surface area contributed by atoms with Gasteiger partial charge < -0.3 is 20.6 Å². The van der Waals surface area contributed by atoms with Crippen molar-refractivity contribution < 1.29 is 15.3 Å². The van der Waals surface area contributed by atoms with E-state index in [9.17, 15) is 10.2 Å². The van der Waals surface area contributed by atoms with E-state index < -0.39 is 0 Å². The van der Waals surface area contributed by atoms with Gasteiger partial charge in [-0.25, -0.2) is 0 Å². The Hall–Kier alpha value is -1.26. The summed E-state index contributed by atoms with van der Waals surface area (Å²) in [5.74, 6) is 0.0846. The van der Waals surface area contributed by atoms with Crippen molar-refractivity contribution >= 4 is 0 Å². The minimum Gasteiger partial charge on any atom is -0.508 e. The molecular weight excluding hydrogens is 206 g/mol. The monoisotopic (exact) mass is 225 g/mol. The standard InChI is InChI=1S/C12H19NO3/c1-3-10(7-14)13-8(2)9-4-11(15)6-12(16)5-9/h4-6,8,10,13-16H,3,7H2,1-2H3/t8?,10-/m0/s1. The SMILES string of the molecule is CC[C@@H](CO)NC(C)c1cc(O)cc(O)c1. The van der Waals surface area contributed by atoms with E-state index in [2.05, 4.69) is 5.32 Å². The highest BCUT2D eigenvalue weighted by Gasteiger charge is 2.12. The molecule has 90 valence electrons. The predicted octanol–water partition coefficient (Wildman–Crippen LogP) is 1.52. The molecule has 0 bridgehead atoms. The second-order valence-corrected chi connectivity index (χ2v) is 3.96. The fourth-order valence-electron chi connectivity index (χ4n) is 1.62. The lowest BCUT2D eigenvalue weighted by atomic mass is 10.1. The van der Waals surface area contributed by atoms with Crippen LogP contribution in [0.5, 0.6) is 11.5 Å². The summed E-state index contributed by atoms with van der Waals surface area (Å²) in [5.41, 5.74) is 0.796. The van der Waals surface area contributed by atoms with E-state index in [1.807, 2.05) is 13.8 Å². The van der Waals surface area contributed by atoms with Crippen molar-refractivity contribution in [1.82, 2.24) is 5.32 Å². The maximum Gasteiger partial charge on any atom is 0.119 e. The summed E-state index contributed by atoms with van der Waals surface area (Å²) in [5, 5.41) is 31.0. The Labute approximate surface area is 95.6 Å². The van der Waals surface area contributed by atoms with Gasteiger partial charge in [0, 0.05) is 18.2 Å². The van der Waals surface area contributed by atoms with Crippen molar-refractivity contribution in [3.8, 4) is 11.5 Å². The third kappa shape index (κ3) is 3.40. The average Bonchev–Trinajstić information content (AvgIpc) is 2.24. The maximum atomic E-state index is 9.35. The molecule has 4 heteroatoms. The summed E-state index contributed by atoms with van der Waals surface area (Å²) in [6.45, 7) is 3.98. The largest absolute Gasteiger partial charge is 0.508 e. The summed E-state index contributed by atoms with van der Waals surface area (Å²) in [7, 11) is 0. The lowest BCUT2D eigenvalue weighted by Crippen LogP contribution is -2.33. The molecule has 0 heterocycles. The summed E-state index contributed by atoms with van der Waals surface area (Å²) < 4.78 is 0. The molecule has 16 heavy (non-hydrogen) atoms. The zero-order valence-electron chi connectivity index (χ0n) is 9.64. The smallest absolute Gasteiger partial charge is 0.119 e. The van der Waals surface area contributed by atoms with Crippen LogP contribution in [0.15, 0.2) is 18.2 Å². The topological polar surface area (TPSA) is 72.7 Å². The zero-order chi connectivity index (χ0) is 12.1. The molecule has 1 aromatic carbocycles. The van der Waals surface area contributed by atoms with Gasteiger partial charge in [-0.05, 0) is 31.0 Å². The molecule has 0 aliphatic heterocycles. The minimum absolute atomic E-state index is 0.0273. The van der Waals surface area contributed by atoms with Crippen LogP contribution in [-0.4, -0.2) is 28.0 Å². The number of hydrogen-bond donors (Lipinski definition) is 4. The first-order valence-corrected chi connectivity index (χ1v) is 5.46. The van der Waals surface area contributed by atoms with Crippen LogP contribution in [0.2, 0.25) is 0 Å². The van der Waals surface area contributed by atoms with Crippen molar-refractivity contribution in [2.24, 2.45) is 0 Å². The molecule has 1 unspecified atom stereocenters. The molecule has 4 N–H and O–H groups in total. The zero-order valence-corrected chi connectivity index (χ0v) is 9.64. The summed E-state index contributed by atoms with van der Waals surface area (Å²) >= 11 is 0. The number of rotatable bonds is 5. The highest BCUT2D eigenvalue weighted by atomic mass is 16.3. The summed E-state index contributed by atoms with van der Waals surface area (Å²) in [4.78, 5) is 0. The van der Waals surface area contributed by atoms with Crippen LogP contribution in [0.4, 0.5) is 0 Å². The van der Waals surface area contributed by atoms with Gasteiger partial charge in [-0.1, -0.05) is 6.92 Å². The summed E-state index contributed by atoms with van der Waals surface area (Å²) in [6, 6.07) is 4.48. The van der Waals surface area contributed by atoms with Crippen molar-refractivity contribution in [2.75, 3.05) is 6.61 Å². The van der Waals surface area contributed by atoms with Gasteiger partial charge in [0.1, 0.15) is 11.5 Å². The lowest BCUT2D eigenvalue weighted by molar-refractivity contribution is 0.230. The molecule has 0 aliphatic carbocycles. The van der Waals surface area contributed by atoms with Crippen molar-refractivity contribution in [3.63, 3.8) is 0 Å². The molecule has 0 amide bonds. The fourth-order valence-corrected chi connectivity index (χ4v) is 1.62. The van der Waals surface area contributed by atoms with Crippen molar-refractivity contribution in [1.29, 1.82) is 0 Å². The van der Waals surface area contributed by atoms with Gasteiger partial charge in [0.15, 0.2) is 0 Å². The third-order valence-corrected chi connectivity index (χ3v) is 2.62. The van der Waals surface area contributed by atoms with Crippen LogP contribution in [0, 0.1) is 0 Å². The van der Waals surface area contributed by atoms with Crippen LogP contribution in [0.3, 0.4) is 0 Å². The molecule has 1 aromatic rings. The van der Waals surface area contributed by atoms with Gasteiger partial charge in [-0.15, -0.1) is 0 Å². The second-order valence-electron chi connectivity index (χ2n) is 3.96.